The molecule has 1 aliphatic heterocycles. The molecule has 2 aromatic carbocycles. The van der Waals surface area contributed by atoms with E-state index in [-0.39, 0.29) is 23.9 Å². The fourth-order valence-electron chi connectivity index (χ4n) is 3.10. The maximum absolute atomic E-state index is 12.6. The van der Waals surface area contributed by atoms with Gasteiger partial charge in [-0.2, -0.15) is 18.4 Å². The molecule has 156 valence electrons. The summed E-state index contributed by atoms with van der Waals surface area (Å²) in [7, 11) is 0. The number of alkyl halides is 3. The molecule has 6 nitrogen and oxygen atoms in total. The molecular weight excluding hydrogens is 397 g/mol. The number of amides is 2. The van der Waals surface area contributed by atoms with Gasteiger partial charge in [-0.25, -0.2) is 0 Å². The minimum Gasteiger partial charge on any atom is -0.376 e. The third kappa shape index (κ3) is 5.08. The van der Waals surface area contributed by atoms with E-state index in [0.29, 0.717) is 31.7 Å². The van der Waals surface area contributed by atoms with E-state index in [9.17, 15) is 22.8 Å². The molecular formula is C21H19F3N4O2. The van der Waals surface area contributed by atoms with Crippen LogP contribution in [0.4, 0.5) is 18.9 Å². The fraction of sp³-hybridized carbons (Fsp3) is 0.286. The highest BCUT2D eigenvalue weighted by molar-refractivity contribution is 5.94. The number of nitrogens with one attached hydrogen (secondary N) is 1. The lowest BCUT2D eigenvalue weighted by atomic mass is 10.1. The van der Waals surface area contributed by atoms with Crippen molar-refractivity contribution in [2.45, 2.75) is 6.18 Å². The maximum Gasteiger partial charge on any atom is 0.416 e. The molecule has 0 spiro atoms. The Kier molecular flexibility index (Phi) is 6.26. The van der Waals surface area contributed by atoms with Crippen molar-refractivity contribution in [1.29, 1.82) is 5.26 Å². The van der Waals surface area contributed by atoms with Crippen LogP contribution in [0.2, 0.25) is 0 Å². The predicted molar refractivity (Wildman–Crippen MR) is 104 cm³/mol. The third-order valence-corrected chi connectivity index (χ3v) is 4.84. The van der Waals surface area contributed by atoms with Crippen LogP contribution >= 0.6 is 0 Å². The first-order valence-electron chi connectivity index (χ1n) is 9.26. The summed E-state index contributed by atoms with van der Waals surface area (Å²) in [4.78, 5) is 28.0. The molecule has 0 saturated carbocycles. The van der Waals surface area contributed by atoms with Crippen molar-refractivity contribution in [2.75, 3.05) is 38.0 Å². The van der Waals surface area contributed by atoms with Gasteiger partial charge in [-0.15, -0.1) is 0 Å². The zero-order chi connectivity index (χ0) is 21.7. The number of benzene rings is 2. The first-order chi connectivity index (χ1) is 14.3. The van der Waals surface area contributed by atoms with Gasteiger partial charge in [-0.05, 0) is 48.5 Å². The molecule has 1 fully saturated rings. The van der Waals surface area contributed by atoms with Gasteiger partial charge >= 0.3 is 6.18 Å². The smallest absolute Gasteiger partial charge is 0.376 e. The van der Waals surface area contributed by atoms with Gasteiger partial charge < -0.3 is 15.1 Å². The Morgan fingerprint density at radius 2 is 1.50 bits per heavy atom. The van der Waals surface area contributed by atoms with E-state index in [2.05, 4.69) is 5.32 Å². The van der Waals surface area contributed by atoms with E-state index < -0.39 is 11.7 Å². The Morgan fingerprint density at radius 3 is 2.03 bits per heavy atom. The van der Waals surface area contributed by atoms with E-state index in [1.807, 2.05) is 6.07 Å². The van der Waals surface area contributed by atoms with Gasteiger partial charge in [0.1, 0.15) is 0 Å². The van der Waals surface area contributed by atoms with Gasteiger partial charge in [-0.3, -0.25) is 9.59 Å². The predicted octanol–water partition coefficient (Wildman–Crippen LogP) is 2.97. The van der Waals surface area contributed by atoms with Crippen LogP contribution in [-0.4, -0.2) is 54.3 Å². The van der Waals surface area contributed by atoms with E-state index in [1.165, 1.54) is 17.0 Å². The van der Waals surface area contributed by atoms with Gasteiger partial charge in [-0.1, -0.05) is 0 Å². The van der Waals surface area contributed by atoms with E-state index in [1.54, 1.807) is 29.2 Å². The number of piperazine rings is 1. The highest BCUT2D eigenvalue weighted by Crippen LogP contribution is 2.29. The molecule has 2 amide bonds. The second-order valence-corrected chi connectivity index (χ2v) is 6.79. The second-order valence-electron chi connectivity index (χ2n) is 6.79. The molecule has 2 aromatic rings. The Bertz CT molecular complexity index is 942. The first kappa shape index (κ1) is 21.2. The average molecular weight is 416 g/mol. The molecule has 1 saturated heterocycles. The topological polar surface area (TPSA) is 76.4 Å². The van der Waals surface area contributed by atoms with Crippen LogP contribution in [0, 0.1) is 11.3 Å². The lowest BCUT2D eigenvalue weighted by Gasteiger charge is -2.35. The molecule has 1 aliphatic rings. The van der Waals surface area contributed by atoms with Gasteiger partial charge in [0.2, 0.25) is 5.91 Å². The molecule has 0 radical (unpaired) electrons. The Balaban J connectivity index is 1.49. The number of hydrogen-bond donors (Lipinski definition) is 1. The molecule has 1 N–H and O–H groups in total. The number of nitrogens with zero attached hydrogens (tertiary/aromatic N) is 3. The quantitative estimate of drug-likeness (QED) is 0.832. The Morgan fingerprint density at radius 1 is 0.933 bits per heavy atom. The number of rotatable bonds is 4. The summed E-state index contributed by atoms with van der Waals surface area (Å²) in [5, 5.41) is 11.8. The van der Waals surface area contributed by atoms with Crippen molar-refractivity contribution in [3.05, 3.63) is 65.2 Å². The Labute approximate surface area is 171 Å². The zero-order valence-corrected chi connectivity index (χ0v) is 15.9. The summed E-state index contributed by atoms with van der Waals surface area (Å²) in [5.74, 6) is -0.479. The highest BCUT2D eigenvalue weighted by Gasteiger charge is 2.31. The first-order valence-corrected chi connectivity index (χ1v) is 9.26. The minimum atomic E-state index is -4.45. The largest absolute Gasteiger partial charge is 0.416 e. The monoisotopic (exact) mass is 416 g/mol. The molecule has 0 unspecified atom stereocenters. The summed E-state index contributed by atoms with van der Waals surface area (Å²) in [6.45, 7) is 1.39. The zero-order valence-electron chi connectivity index (χ0n) is 15.9. The molecule has 1 heterocycles. The number of anilines is 1. The third-order valence-electron chi connectivity index (χ3n) is 4.84. The van der Waals surface area contributed by atoms with Crippen molar-refractivity contribution >= 4 is 17.5 Å². The number of carbonyl (C=O) groups excluding carboxylic acids is 2. The van der Waals surface area contributed by atoms with Crippen molar-refractivity contribution in [1.82, 2.24) is 9.80 Å². The number of nitriles is 1. The lowest BCUT2D eigenvalue weighted by molar-refractivity contribution is -0.137. The summed E-state index contributed by atoms with van der Waals surface area (Å²) >= 11 is 0. The van der Waals surface area contributed by atoms with Crippen LogP contribution in [-0.2, 0) is 11.0 Å². The van der Waals surface area contributed by atoms with Gasteiger partial charge in [0, 0.05) is 37.4 Å². The van der Waals surface area contributed by atoms with Crippen molar-refractivity contribution in [2.24, 2.45) is 0 Å². The summed E-state index contributed by atoms with van der Waals surface area (Å²) in [6.07, 6.45) is -4.45. The Hall–Kier alpha value is -3.54. The van der Waals surface area contributed by atoms with Gasteiger partial charge in [0.15, 0.2) is 0 Å². The molecule has 0 aromatic heterocycles. The van der Waals surface area contributed by atoms with Crippen LogP contribution in [0.25, 0.3) is 0 Å². The summed E-state index contributed by atoms with van der Waals surface area (Å²) in [5.41, 5.74) is 0.633. The van der Waals surface area contributed by atoms with Crippen LogP contribution in [0.1, 0.15) is 21.5 Å². The number of hydrogen-bond acceptors (Lipinski definition) is 4. The van der Waals surface area contributed by atoms with E-state index >= 15 is 0 Å². The van der Waals surface area contributed by atoms with Crippen LogP contribution in [0.15, 0.2) is 48.5 Å². The summed E-state index contributed by atoms with van der Waals surface area (Å²) < 4.78 is 37.9. The average Bonchev–Trinajstić information content (AvgIpc) is 2.77. The van der Waals surface area contributed by atoms with E-state index in [0.717, 1.165) is 17.8 Å². The number of carbonyl (C=O) groups is 2. The van der Waals surface area contributed by atoms with Gasteiger partial charge in [0.05, 0.1) is 23.7 Å². The standard InChI is InChI=1S/C21H19F3N4O2/c22-21(23,24)17-5-3-16(4-6-17)20(30)28-11-9-27(10-12-28)19(29)14-26-18-7-1-15(13-25)2-8-18/h1-8,26H,9-12,14H2. The molecule has 0 atom stereocenters. The number of halogens is 3. The van der Waals surface area contributed by atoms with Crippen LogP contribution in [0.5, 0.6) is 0 Å². The van der Waals surface area contributed by atoms with Crippen LogP contribution < -0.4 is 5.32 Å². The normalized spacial score (nSPS) is 14.2. The van der Waals surface area contributed by atoms with E-state index in [4.69, 9.17) is 5.26 Å². The molecule has 3 rings (SSSR count). The molecule has 30 heavy (non-hydrogen) atoms. The summed E-state index contributed by atoms with van der Waals surface area (Å²) in [6, 6.07) is 12.9. The van der Waals surface area contributed by atoms with Crippen molar-refractivity contribution < 1.29 is 22.8 Å². The molecule has 0 aliphatic carbocycles. The lowest BCUT2D eigenvalue weighted by Crippen LogP contribution is -2.51. The minimum absolute atomic E-state index is 0.0821. The fourth-order valence-corrected chi connectivity index (χ4v) is 3.10. The maximum atomic E-state index is 12.6. The second kappa shape index (κ2) is 8.86. The SMILES string of the molecule is N#Cc1ccc(NCC(=O)N2CCN(C(=O)c3ccc(C(F)(F)F)cc3)CC2)cc1. The highest BCUT2D eigenvalue weighted by atomic mass is 19.4. The van der Waals surface area contributed by atoms with Crippen LogP contribution in [0.3, 0.4) is 0 Å². The molecule has 9 heteroatoms. The van der Waals surface area contributed by atoms with Gasteiger partial charge in [0.25, 0.3) is 5.91 Å². The van der Waals surface area contributed by atoms with Crippen molar-refractivity contribution in [3.63, 3.8) is 0 Å². The van der Waals surface area contributed by atoms with Crippen molar-refractivity contribution in [3.8, 4) is 6.07 Å². The molecule has 0 bridgehead atoms.